The molecule has 5 heteroatoms. The molecule has 0 aliphatic heterocycles. The summed E-state index contributed by atoms with van der Waals surface area (Å²) in [7, 11) is 1.89. The smallest absolute Gasteiger partial charge is 0.128 e. The van der Waals surface area contributed by atoms with Crippen molar-refractivity contribution in [3.05, 3.63) is 41.3 Å². The molecule has 0 aliphatic rings. The molecule has 0 spiro atoms. The second-order valence-corrected chi connectivity index (χ2v) is 4.06. The Morgan fingerprint density at radius 1 is 1.62 bits per heavy atom. The molecule has 1 N–H and O–H groups in total. The monoisotopic (exact) mass is 239 g/mol. The number of hydrogen-bond donors (Lipinski definition) is 1. The summed E-state index contributed by atoms with van der Waals surface area (Å²) in [4.78, 5) is 4.21. The molecule has 4 nitrogen and oxygen atoms in total. The van der Waals surface area contributed by atoms with E-state index in [-0.39, 0.29) is 6.04 Å². The SMILES string of the molecule is C[C@@H](NCc1ncc(Cl)n1C)c1ccco1. The van der Waals surface area contributed by atoms with Crippen molar-refractivity contribution in [3.63, 3.8) is 0 Å². The number of nitrogens with zero attached hydrogens (tertiary/aromatic N) is 2. The van der Waals surface area contributed by atoms with E-state index in [1.165, 1.54) is 0 Å². The van der Waals surface area contributed by atoms with Crippen molar-refractivity contribution in [2.24, 2.45) is 7.05 Å². The first kappa shape index (κ1) is 11.2. The second kappa shape index (κ2) is 4.72. The highest BCUT2D eigenvalue weighted by Crippen LogP contribution is 2.14. The lowest BCUT2D eigenvalue weighted by atomic mass is 10.2. The third-order valence-electron chi connectivity index (χ3n) is 2.56. The van der Waals surface area contributed by atoms with Gasteiger partial charge < -0.3 is 14.3 Å². The van der Waals surface area contributed by atoms with E-state index in [0.717, 1.165) is 11.6 Å². The molecule has 16 heavy (non-hydrogen) atoms. The Morgan fingerprint density at radius 2 is 2.44 bits per heavy atom. The van der Waals surface area contributed by atoms with Crippen molar-refractivity contribution >= 4 is 11.6 Å². The number of imidazole rings is 1. The molecule has 0 aromatic carbocycles. The first-order valence-electron chi connectivity index (χ1n) is 5.11. The van der Waals surface area contributed by atoms with Crippen LogP contribution in [0, 0.1) is 0 Å². The van der Waals surface area contributed by atoms with Crippen LogP contribution in [-0.2, 0) is 13.6 Å². The zero-order valence-electron chi connectivity index (χ0n) is 9.27. The third kappa shape index (κ3) is 2.28. The number of halogens is 1. The molecular formula is C11H14ClN3O. The van der Waals surface area contributed by atoms with Crippen LogP contribution in [0.3, 0.4) is 0 Å². The minimum atomic E-state index is 0.158. The molecule has 2 rings (SSSR count). The molecule has 0 bridgehead atoms. The fourth-order valence-electron chi connectivity index (χ4n) is 1.47. The fraction of sp³-hybridized carbons (Fsp3) is 0.364. The van der Waals surface area contributed by atoms with Gasteiger partial charge in [0, 0.05) is 7.05 Å². The Kier molecular flexibility index (Phi) is 3.31. The molecule has 0 aliphatic carbocycles. The van der Waals surface area contributed by atoms with Gasteiger partial charge in [-0.1, -0.05) is 11.6 Å². The lowest BCUT2D eigenvalue weighted by Gasteiger charge is -2.10. The molecule has 0 fully saturated rings. The van der Waals surface area contributed by atoms with Crippen LogP contribution in [0.2, 0.25) is 5.15 Å². The van der Waals surface area contributed by atoms with Crippen molar-refractivity contribution < 1.29 is 4.42 Å². The van der Waals surface area contributed by atoms with Crippen LogP contribution in [0.1, 0.15) is 24.6 Å². The zero-order chi connectivity index (χ0) is 11.5. The van der Waals surface area contributed by atoms with Crippen LogP contribution < -0.4 is 5.32 Å². The maximum atomic E-state index is 5.90. The quantitative estimate of drug-likeness (QED) is 0.892. The fourth-order valence-corrected chi connectivity index (χ4v) is 1.62. The van der Waals surface area contributed by atoms with Gasteiger partial charge in [-0.25, -0.2) is 4.98 Å². The van der Waals surface area contributed by atoms with E-state index in [1.807, 2.05) is 30.7 Å². The molecular weight excluding hydrogens is 226 g/mol. The highest BCUT2D eigenvalue weighted by atomic mass is 35.5. The van der Waals surface area contributed by atoms with Crippen LogP contribution in [0.5, 0.6) is 0 Å². The Morgan fingerprint density at radius 3 is 3.00 bits per heavy atom. The van der Waals surface area contributed by atoms with Crippen LogP contribution in [0.15, 0.2) is 29.0 Å². The van der Waals surface area contributed by atoms with E-state index in [1.54, 1.807) is 12.5 Å². The highest BCUT2D eigenvalue weighted by Gasteiger charge is 2.09. The molecule has 2 aromatic rings. The summed E-state index contributed by atoms with van der Waals surface area (Å²) < 4.78 is 7.15. The predicted octanol–water partition coefficient (Wildman–Crippen LogP) is 2.52. The van der Waals surface area contributed by atoms with Gasteiger partial charge in [-0.15, -0.1) is 0 Å². The normalized spacial score (nSPS) is 12.9. The van der Waals surface area contributed by atoms with E-state index < -0.39 is 0 Å². The summed E-state index contributed by atoms with van der Waals surface area (Å²) in [6.07, 6.45) is 3.32. The Bertz CT molecular complexity index is 450. The minimum absolute atomic E-state index is 0.158. The maximum absolute atomic E-state index is 5.90. The first-order chi connectivity index (χ1) is 7.68. The Hall–Kier alpha value is -1.26. The zero-order valence-corrected chi connectivity index (χ0v) is 10.0. The van der Waals surface area contributed by atoms with Gasteiger partial charge in [-0.3, -0.25) is 0 Å². The Labute approximate surface area is 99.2 Å². The summed E-state index contributed by atoms with van der Waals surface area (Å²) in [6, 6.07) is 3.99. The number of aromatic nitrogens is 2. The van der Waals surface area contributed by atoms with Crippen molar-refractivity contribution in [2.75, 3.05) is 0 Å². The van der Waals surface area contributed by atoms with E-state index >= 15 is 0 Å². The van der Waals surface area contributed by atoms with Gasteiger partial charge in [-0.2, -0.15) is 0 Å². The molecule has 86 valence electrons. The summed E-state index contributed by atoms with van der Waals surface area (Å²) in [5.74, 6) is 1.82. The first-order valence-corrected chi connectivity index (χ1v) is 5.49. The number of furan rings is 1. The average molecular weight is 240 g/mol. The number of hydrogen-bond acceptors (Lipinski definition) is 3. The van der Waals surface area contributed by atoms with Gasteiger partial charge in [0.25, 0.3) is 0 Å². The van der Waals surface area contributed by atoms with Crippen LogP contribution >= 0.6 is 11.6 Å². The summed E-state index contributed by atoms with van der Waals surface area (Å²) in [5, 5.41) is 3.96. The minimum Gasteiger partial charge on any atom is -0.468 e. The summed E-state index contributed by atoms with van der Waals surface area (Å²) >= 11 is 5.90. The van der Waals surface area contributed by atoms with Gasteiger partial charge >= 0.3 is 0 Å². The Balaban J connectivity index is 1.95. The molecule has 0 saturated carbocycles. The standard InChI is InChI=1S/C11H14ClN3O/c1-8(9-4-3-5-16-9)13-7-11-14-6-10(12)15(11)2/h3-6,8,13H,7H2,1-2H3/t8-/m1/s1. The van der Waals surface area contributed by atoms with E-state index in [4.69, 9.17) is 16.0 Å². The molecule has 0 saturated heterocycles. The van der Waals surface area contributed by atoms with Gasteiger partial charge in [0.05, 0.1) is 25.0 Å². The summed E-state index contributed by atoms with van der Waals surface area (Å²) in [5.41, 5.74) is 0. The van der Waals surface area contributed by atoms with Crippen LogP contribution in [0.25, 0.3) is 0 Å². The van der Waals surface area contributed by atoms with Crippen molar-refractivity contribution in [1.82, 2.24) is 14.9 Å². The summed E-state index contributed by atoms with van der Waals surface area (Å²) in [6.45, 7) is 2.70. The molecule has 1 atom stereocenters. The molecule has 2 heterocycles. The third-order valence-corrected chi connectivity index (χ3v) is 2.92. The number of nitrogens with one attached hydrogen (secondary N) is 1. The van der Waals surface area contributed by atoms with E-state index in [2.05, 4.69) is 10.3 Å². The predicted molar refractivity (Wildman–Crippen MR) is 62.2 cm³/mol. The second-order valence-electron chi connectivity index (χ2n) is 3.67. The molecule has 0 radical (unpaired) electrons. The van der Waals surface area contributed by atoms with Crippen molar-refractivity contribution in [3.8, 4) is 0 Å². The molecule has 0 amide bonds. The van der Waals surface area contributed by atoms with Gasteiger partial charge in [-0.05, 0) is 19.1 Å². The van der Waals surface area contributed by atoms with Crippen molar-refractivity contribution in [2.45, 2.75) is 19.5 Å². The van der Waals surface area contributed by atoms with Gasteiger partial charge in [0.2, 0.25) is 0 Å². The molecule has 2 aromatic heterocycles. The lowest BCUT2D eigenvalue weighted by molar-refractivity contribution is 0.425. The topological polar surface area (TPSA) is 43.0 Å². The maximum Gasteiger partial charge on any atom is 0.128 e. The average Bonchev–Trinajstić information content (AvgIpc) is 2.89. The highest BCUT2D eigenvalue weighted by molar-refractivity contribution is 6.29. The lowest BCUT2D eigenvalue weighted by Crippen LogP contribution is -2.19. The van der Waals surface area contributed by atoms with Gasteiger partial charge in [0.1, 0.15) is 16.7 Å². The number of rotatable bonds is 4. The van der Waals surface area contributed by atoms with Crippen LogP contribution in [0.4, 0.5) is 0 Å². The molecule has 0 unspecified atom stereocenters. The van der Waals surface area contributed by atoms with Crippen molar-refractivity contribution in [1.29, 1.82) is 0 Å². The van der Waals surface area contributed by atoms with E-state index in [0.29, 0.717) is 11.7 Å². The van der Waals surface area contributed by atoms with Crippen LogP contribution in [-0.4, -0.2) is 9.55 Å². The largest absolute Gasteiger partial charge is 0.468 e. The van der Waals surface area contributed by atoms with Gasteiger partial charge in [0.15, 0.2) is 0 Å². The van der Waals surface area contributed by atoms with E-state index in [9.17, 15) is 0 Å².